The van der Waals surface area contributed by atoms with Crippen molar-refractivity contribution in [1.29, 1.82) is 0 Å². The molecule has 1 fully saturated rings. The molecule has 2 aromatic rings. The second-order valence-electron chi connectivity index (χ2n) is 9.07. The van der Waals surface area contributed by atoms with Crippen molar-refractivity contribution in [2.45, 2.75) is 38.4 Å². The Morgan fingerprint density at radius 1 is 1.13 bits per heavy atom. The quantitative estimate of drug-likeness (QED) is 0.623. The molecule has 5 heteroatoms. The van der Waals surface area contributed by atoms with E-state index >= 15 is 0 Å². The average molecular weight is 403 g/mol. The highest BCUT2D eigenvalue weighted by atomic mass is 16.2. The zero-order chi connectivity index (χ0) is 21.6. The van der Waals surface area contributed by atoms with Crippen molar-refractivity contribution in [2.24, 2.45) is 0 Å². The molecule has 1 saturated heterocycles. The molecule has 4 rings (SSSR count). The summed E-state index contributed by atoms with van der Waals surface area (Å²) in [5, 5.41) is 5.26. The van der Waals surface area contributed by atoms with Crippen molar-refractivity contribution >= 4 is 17.4 Å². The van der Waals surface area contributed by atoms with Gasteiger partial charge < -0.3 is 10.2 Å². The van der Waals surface area contributed by atoms with Gasteiger partial charge in [-0.1, -0.05) is 49.0 Å². The number of piperidine rings is 1. The Balaban J connectivity index is 1.83. The van der Waals surface area contributed by atoms with Crippen molar-refractivity contribution < 1.29 is 9.59 Å². The molecule has 0 aliphatic carbocycles. The van der Waals surface area contributed by atoms with Crippen LogP contribution in [0.2, 0.25) is 0 Å². The summed E-state index contributed by atoms with van der Waals surface area (Å²) >= 11 is 0. The third-order valence-corrected chi connectivity index (χ3v) is 5.73. The molecule has 0 saturated carbocycles. The standard InChI is InChI=1S/C25H27N3O2/c1-16-21-19(18-13-9-10-14-20(18)27(21)5)15-28(24(16)30)22(17-11-7-6-8-12-17)23(29)26-25(2,3)4/h6-14,21-22H,1,15H2,2-5H3/p+1. The monoisotopic (exact) mass is 402 g/mol. The number of para-hydroxylation sites is 1. The van der Waals surface area contributed by atoms with E-state index in [2.05, 4.69) is 28.6 Å². The Morgan fingerprint density at radius 2 is 1.77 bits per heavy atom. The number of amides is 2. The van der Waals surface area contributed by atoms with Crippen molar-refractivity contribution in [3.05, 3.63) is 82.9 Å². The van der Waals surface area contributed by atoms with Crippen LogP contribution in [-0.4, -0.2) is 41.9 Å². The summed E-state index contributed by atoms with van der Waals surface area (Å²) in [6.45, 7) is 10.4. The van der Waals surface area contributed by atoms with Gasteiger partial charge in [0, 0.05) is 17.2 Å². The number of nitrogens with one attached hydrogen (secondary N) is 1. The zero-order valence-corrected chi connectivity index (χ0v) is 18.0. The van der Waals surface area contributed by atoms with Gasteiger partial charge in [0.2, 0.25) is 17.3 Å². The molecule has 0 aromatic heterocycles. The van der Waals surface area contributed by atoms with E-state index in [9.17, 15) is 9.59 Å². The predicted molar refractivity (Wildman–Crippen MR) is 118 cm³/mol. The molecule has 2 aliphatic heterocycles. The van der Waals surface area contributed by atoms with E-state index in [1.54, 1.807) is 4.90 Å². The van der Waals surface area contributed by atoms with Crippen LogP contribution in [0.25, 0.3) is 5.57 Å². The molecule has 2 aromatic carbocycles. The first-order valence-corrected chi connectivity index (χ1v) is 10.2. The van der Waals surface area contributed by atoms with Crippen LogP contribution in [0, 0.1) is 0 Å². The highest BCUT2D eigenvalue weighted by Gasteiger charge is 2.46. The second-order valence-corrected chi connectivity index (χ2v) is 9.07. The molecule has 1 N–H and O–H groups in total. The number of rotatable bonds is 3. The molecule has 0 bridgehead atoms. The topological polar surface area (TPSA) is 52.4 Å². The fourth-order valence-corrected chi connectivity index (χ4v) is 4.50. The normalized spacial score (nSPS) is 19.5. The van der Waals surface area contributed by atoms with Gasteiger partial charge in [0.25, 0.3) is 5.91 Å². The first-order valence-electron chi connectivity index (χ1n) is 10.2. The van der Waals surface area contributed by atoms with E-state index in [1.807, 2.05) is 70.3 Å². The van der Waals surface area contributed by atoms with E-state index in [-0.39, 0.29) is 17.9 Å². The minimum atomic E-state index is -0.721. The van der Waals surface area contributed by atoms with Gasteiger partial charge >= 0.3 is 0 Å². The third kappa shape index (κ3) is 3.34. The summed E-state index contributed by atoms with van der Waals surface area (Å²) in [6.07, 6.45) is 0. The molecule has 154 valence electrons. The average Bonchev–Trinajstić information content (AvgIpc) is 2.98. The fourth-order valence-electron chi connectivity index (χ4n) is 4.50. The van der Waals surface area contributed by atoms with Crippen molar-refractivity contribution in [3.8, 4) is 0 Å². The van der Waals surface area contributed by atoms with Crippen LogP contribution in [0.3, 0.4) is 0 Å². The summed E-state index contributed by atoms with van der Waals surface area (Å²) < 4.78 is 2.11. The van der Waals surface area contributed by atoms with E-state index < -0.39 is 11.6 Å². The molecule has 5 nitrogen and oxygen atoms in total. The van der Waals surface area contributed by atoms with Crippen molar-refractivity contribution in [2.75, 3.05) is 13.6 Å². The third-order valence-electron chi connectivity index (χ3n) is 5.73. The Labute approximate surface area is 177 Å². The van der Waals surface area contributed by atoms with Gasteiger partial charge in [-0.3, -0.25) is 9.59 Å². The lowest BCUT2D eigenvalue weighted by atomic mass is 9.90. The van der Waals surface area contributed by atoms with Crippen LogP contribution in [0.5, 0.6) is 0 Å². The molecular weight excluding hydrogens is 374 g/mol. The maximum Gasteiger partial charge on any atom is 0.257 e. The van der Waals surface area contributed by atoms with Crippen molar-refractivity contribution in [1.82, 2.24) is 14.8 Å². The Bertz CT molecular complexity index is 1160. The summed E-state index contributed by atoms with van der Waals surface area (Å²) in [4.78, 5) is 28.5. The second kappa shape index (κ2) is 7.24. The van der Waals surface area contributed by atoms with Crippen LogP contribution in [-0.2, 0) is 9.59 Å². The Kier molecular flexibility index (Phi) is 4.85. The zero-order valence-electron chi connectivity index (χ0n) is 18.0. The van der Waals surface area contributed by atoms with Gasteiger partial charge in [0.05, 0.1) is 17.3 Å². The van der Waals surface area contributed by atoms with Gasteiger partial charge in [-0.15, -0.1) is 0 Å². The molecule has 2 aliphatic rings. The molecule has 2 atom stereocenters. The SMILES string of the molecule is C=C1C(=O)N(C(C(=O)NC(C)(C)C)c2ccccc2)CC2=c3ccccc3=[N+](C)C12. The number of likely N-dealkylation sites (N-methyl/N-ethyl adjacent to an activating group) is 1. The maximum atomic E-state index is 13.5. The van der Waals surface area contributed by atoms with Gasteiger partial charge in [-0.2, -0.15) is 0 Å². The van der Waals surface area contributed by atoms with Crippen LogP contribution >= 0.6 is 0 Å². The van der Waals surface area contributed by atoms with Gasteiger partial charge in [-0.25, -0.2) is 4.58 Å². The summed E-state index contributed by atoms with van der Waals surface area (Å²) in [6, 6.07) is 16.8. The maximum absolute atomic E-state index is 13.5. The molecule has 0 radical (unpaired) electrons. The smallest absolute Gasteiger partial charge is 0.257 e. The van der Waals surface area contributed by atoms with Crippen LogP contribution < -0.4 is 20.5 Å². The highest BCUT2D eigenvalue weighted by Crippen LogP contribution is 2.32. The van der Waals surface area contributed by atoms with E-state index in [0.717, 1.165) is 21.7 Å². The summed E-state index contributed by atoms with van der Waals surface area (Å²) in [5.74, 6) is -0.366. The molecular formula is C25H28N3O2+. The first-order chi connectivity index (χ1) is 14.2. The lowest BCUT2D eigenvalue weighted by Gasteiger charge is -2.38. The first kappa shape index (κ1) is 20.1. The number of benzene rings is 2. The number of nitrogens with zero attached hydrogens (tertiary/aromatic N) is 2. The number of carbonyl (C=O) groups is 2. The Morgan fingerprint density at radius 3 is 2.43 bits per heavy atom. The van der Waals surface area contributed by atoms with E-state index in [1.165, 1.54) is 0 Å². The van der Waals surface area contributed by atoms with Gasteiger partial charge in [0.15, 0.2) is 0 Å². The molecule has 0 spiro atoms. The van der Waals surface area contributed by atoms with Crippen LogP contribution in [0.4, 0.5) is 0 Å². The number of fused-ring (bicyclic) bond motifs is 2. The Hall–Kier alpha value is -3.21. The summed E-state index contributed by atoms with van der Waals surface area (Å²) in [7, 11) is 1.99. The van der Waals surface area contributed by atoms with Crippen molar-refractivity contribution in [3.63, 3.8) is 0 Å². The largest absolute Gasteiger partial charge is 0.349 e. The van der Waals surface area contributed by atoms with Crippen LogP contribution in [0.15, 0.2) is 66.7 Å². The fraction of sp³-hybridized carbons (Fsp3) is 0.320. The van der Waals surface area contributed by atoms with E-state index in [0.29, 0.717) is 12.1 Å². The van der Waals surface area contributed by atoms with Crippen LogP contribution in [0.1, 0.15) is 32.4 Å². The molecule has 2 unspecified atom stereocenters. The lowest BCUT2D eigenvalue weighted by Crippen LogP contribution is -2.54. The number of hydrogen-bond donors (Lipinski definition) is 1. The van der Waals surface area contributed by atoms with Gasteiger partial charge in [-0.05, 0) is 32.4 Å². The number of carbonyl (C=O) groups excluding carboxylic acids is 2. The molecule has 2 heterocycles. The minimum Gasteiger partial charge on any atom is -0.349 e. The molecule has 2 amide bonds. The number of likely N-dealkylation sites (tertiary alicyclic amines) is 1. The molecule has 30 heavy (non-hydrogen) atoms. The minimum absolute atomic E-state index is 0.159. The van der Waals surface area contributed by atoms with E-state index in [4.69, 9.17) is 0 Å². The lowest BCUT2D eigenvalue weighted by molar-refractivity contribution is -0.139. The number of hydrogen-bond acceptors (Lipinski definition) is 2. The summed E-state index contributed by atoms with van der Waals surface area (Å²) in [5.41, 5.74) is 2.00. The van der Waals surface area contributed by atoms with Gasteiger partial charge in [0.1, 0.15) is 13.1 Å². The predicted octanol–water partition coefficient (Wildman–Crippen LogP) is 1.39. The highest BCUT2D eigenvalue weighted by molar-refractivity contribution is 6.02.